The number of sulfone groups is 1. The molecule has 0 N–H and O–H groups in total. The van der Waals surface area contributed by atoms with Gasteiger partial charge in [0.05, 0.1) is 23.4 Å². The van der Waals surface area contributed by atoms with Gasteiger partial charge in [-0.05, 0) is 23.9 Å². The Bertz CT molecular complexity index is 1200. The second kappa shape index (κ2) is 7.14. The fourth-order valence-corrected chi connectivity index (χ4v) is 5.99. The van der Waals surface area contributed by atoms with Gasteiger partial charge in [-0.3, -0.25) is 9.59 Å². The Labute approximate surface area is 166 Å². The lowest BCUT2D eigenvalue weighted by Gasteiger charge is -2.28. The number of hydrogen-bond acceptors (Lipinski definition) is 6. The van der Waals surface area contributed by atoms with Gasteiger partial charge >= 0.3 is 0 Å². The number of benzene rings is 1. The Hall–Kier alpha value is -2.52. The van der Waals surface area contributed by atoms with Gasteiger partial charge in [0.25, 0.3) is 11.5 Å². The standard InChI is InChI=1S/C19H19N3O4S2/c1-21-18(23)16-7-3-2-6-15(16)17(20-21)19(24)22(11-14-5-4-9-27-14)13-8-10-28(25,26)12-13/h2-7,9,13H,8,10-12H2,1H3/t13-/m0/s1. The predicted molar refractivity (Wildman–Crippen MR) is 108 cm³/mol. The molecule has 1 saturated heterocycles. The molecule has 3 aromatic rings. The van der Waals surface area contributed by atoms with E-state index >= 15 is 0 Å². The topological polar surface area (TPSA) is 89.3 Å². The Morgan fingerprint density at radius 2 is 2.00 bits per heavy atom. The second-order valence-electron chi connectivity index (χ2n) is 6.89. The van der Waals surface area contributed by atoms with Crippen LogP contribution in [0.1, 0.15) is 21.8 Å². The Kier molecular flexibility index (Phi) is 4.80. The zero-order chi connectivity index (χ0) is 19.9. The first-order valence-electron chi connectivity index (χ1n) is 8.85. The molecule has 28 heavy (non-hydrogen) atoms. The van der Waals surface area contributed by atoms with Crippen molar-refractivity contribution in [1.82, 2.24) is 14.7 Å². The average Bonchev–Trinajstić information content (AvgIpc) is 3.31. The van der Waals surface area contributed by atoms with Gasteiger partial charge in [0.2, 0.25) is 0 Å². The normalized spacial score (nSPS) is 18.4. The Morgan fingerprint density at radius 1 is 1.25 bits per heavy atom. The number of nitrogens with zero attached hydrogens (tertiary/aromatic N) is 3. The number of rotatable bonds is 4. The highest BCUT2D eigenvalue weighted by molar-refractivity contribution is 7.91. The molecular formula is C19H19N3O4S2. The summed E-state index contributed by atoms with van der Waals surface area (Å²) in [6.07, 6.45) is 0.406. The van der Waals surface area contributed by atoms with Crippen LogP contribution in [-0.2, 0) is 23.4 Å². The first-order valence-corrected chi connectivity index (χ1v) is 11.6. The number of aryl methyl sites for hydroxylation is 1. The minimum absolute atomic E-state index is 0.0478. The van der Waals surface area contributed by atoms with Crippen LogP contribution < -0.4 is 5.56 Å². The first-order chi connectivity index (χ1) is 13.4. The van der Waals surface area contributed by atoms with Crippen molar-refractivity contribution in [3.05, 3.63) is 62.7 Å². The minimum atomic E-state index is -3.16. The van der Waals surface area contributed by atoms with Crippen LogP contribution in [0.3, 0.4) is 0 Å². The minimum Gasteiger partial charge on any atom is -0.328 e. The summed E-state index contributed by atoms with van der Waals surface area (Å²) in [5.41, 5.74) is -0.112. The number of amides is 1. The van der Waals surface area contributed by atoms with Gasteiger partial charge in [0.1, 0.15) is 0 Å². The molecule has 7 nitrogen and oxygen atoms in total. The highest BCUT2D eigenvalue weighted by Crippen LogP contribution is 2.25. The maximum Gasteiger partial charge on any atom is 0.275 e. The van der Waals surface area contributed by atoms with Gasteiger partial charge in [0.15, 0.2) is 15.5 Å². The number of thiophene rings is 1. The van der Waals surface area contributed by atoms with E-state index in [1.54, 1.807) is 29.2 Å². The fourth-order valence-electron chi connectivity index (χ4n) is 3.55. The number of fused-ring (bicyclic) bond motifs is 1. The molecule has 3 heterocycles. The molecule has 1 amide bonds. The van der Waals surface area contributed by atoms with Crippen molar-refractivity contribution >= 4 is 37.9 Å². The summed E-state index contributed by atoms with van der Waals surface area (Å²) in [6, 6.07) is 10.3. The van der Waals surface area contributed by atoms with Gasteiger partial charge in [-0.2, -0.15) is 5.10 Å². The van der Waals surface area contributed by atoms with Crippen LogP contribution in [0.15, 0.2) is 46.6 Å². The molecule has 0 unspecified atom stereocenters. The van der Waals surface area contributed by atoms with Gasteiger partial charge in [-0.25, -0.2) is 13.1 Å². The van der Waals surface area contributed by atoms with Crippen LogP contribution in [-0.4, -0.2) is 46.6 Å². The molecule has 1 aromatic carbocycles. The second-order valence-corrected chi connectivity index (χ2v) is 10.2. The lowest BCUT2D eigenvalue weighted by atomic mass is 10.1. The number of aromatic nitrogens is 2. The van der Waals surface area contributed by atoms with E-state index in [1.165, 1.54) is 18.4 Å². The molecular weight excluding hydrogens is 398 g/mol. The maximum absolute atomic E-state index is 13.5. The van der Waals surface area contributed by atoms with Crippen molar-refractivity contribution in [2.24, 2.45) is 7.05 Å². The predicted octanol–water partition coefficient (Wildman–Crippen LogP) is 1.82. The SMILES string of the molecule is Cn1nc(C(=O)N(Cc2cccs2)[C@H]2CCS(=O)(=O)C2)c2ccccc2c1=O. The lowest BCUT2D eigenvalue weighted by molar-refractivity contribution is 0.0676. The van der Waals surface area contributed by atoms with Gasteiger partial charge in [-0.15, -0.1) is 11.3 Å². The van der Waals surface area contributed by atoms with Crippen molar-refractivity contribution in [2.45, 2.75) is 19.0 Å². The van der Waals surface area contributed by atoms with Crippen molar-refractivity contribution in [3.8, 4) is 0 Å². The Balaban J connectivity index is 1.81. The van der Waals surface area contributed by atoms with E-state index in [-0.39, 0.29) is 28.7 Å². The highest BCUT2D eigenvalue weighted by atomic mass is 32.2. The highest BCUT2D eigenvalue weighted by Gasteiger charge is 2.36. The smallest absolute Gasteiger partial charge is 0.275 e. The van der Waals surface area contributed by atoms with E-state index in [4.69, 9.17) is 0 Å². The molecule has 9 heteroatoms. The van der Waals surface area contributed by atoms with Gasteiger partial charge in [-0.1, -0.05) is 24.3 Å². The zero-order valence-corrected chi connectivity index (χ0v) is 16.9. The molecule has 0 aliphatic carbocycles. The number of carbonyl (C=O) groups excluding carboxylic acids is 1. The average molecular weight is 418 g/mol. The molecule has 1 fully saturated rings. The zero-order valence-electron chi connectivity index (χ0n) is 15.2. The molecule has 146 valence electrons. The van der Waals surface area contributed by atoms with Gasteiger partial charge < -0.3 is 4.90 Å². The molecule has 0 bridgehead atoms. The van der Waals surface area contributed by atoms with E-state index in [9.17, 15) is 18.0 Å². The third-order valence-corrected chi connectivity index (χ3v) is 7.59. The largest absolute Gasteiger partial charge is 0.328 e. The third-order valence-electron chi connectivity index (χ3n) is 4.98. The lowest BCUT2D eigenvalue weighted by Crippen LogP contribution is -2.41. The third kappa shape index (κ3) is 3.47. The molecule has 2 aromatic heterocycles. The molecule has 0 radical (unpaired) electrons. The summed E-state index contributed by atoms with van der Waals surface area (Å²) >= 11 is 1.51. The molecule has 1 aliphatic rings. The van der Waals surface area contributed by atoms with Crippen molar-refractivity contribution < 1.29 is 13.2 Å². The quantitative estimate of drug-likeness (QED) is 0.646. The van der Waals surface area contributed by atoms with Crippen LogP contribution in [0.4, 0.5) is 0 Å². The van der Waals surface area contributed by atoms with Crippen LogP contribution >= 0.6 is 11.3 Å². The number of carbonyl (C=O) groups is 1. The van der Waals surface area contributed by atoms with Crippen LogP contribution in [0.2, 0.25) is 0 Å². The summed E-state index contributed by atoms with van der Waals surface area (Å²) in [5, 5.41) is 7.04. The number of hydrogen-bond donors (Lipinski definition) is 0. The van der Waals surface area contributed by atoms with Crippen molar-refractivity contribution in [1.29, 1.82) is 0 Å². The molecule has 1 atom stereocenters. The van der Waals surface area contributed by atoms with Crippen molar-refractivity contribution in [3.63, 3.8) is 0 Å². The van der Waals surface area contributed by atoms with E-state index in [2.05, 4.69) is 5.10 Å². The van der Waals surface area contributed by atoms with E-state index in [1.807, 2.05) is 17.5 Å². The maximum atomic E-state index is 13.5. The van der Waals surface area contributed by atoms with E-state index in [0.29, 0.717) is 23.7 Å². The van der Waals surface area contributed by atoms with Gasteiger partial charge in [0, 0.05) is 23.4 Å². The molecule has 0 spiro atoms. The molecule has 1 aliphatic heterocycles. The molecule has 0 saturated carbocycles. The molecule has 4 rings (SSSR count). The first kappa shape index (κ1) is 18.8. The van der Waals surface area contributed by atoms with Crippen molar-refractivity contribution in [2.75, 3.05) is 11.5 Å². The van der Waals surface area contributed by atoms with E-state index in [0.717, 1.165) is 9.56 Å². The summed E-state index contributed by atoms with van der Waals surface area (Å²) in [7, 11) is -1.65. The summed E-state index contributed by atoms with van der Waals surface area (Å²) in [6.45, 7) is 0.315. The van der Waals surface area contributed by atoms with Crippen LogP contribution in [0.5, 0.6) is 0 Å². The summed E-state index contributed by atoms with van der Waals surface area (Å²) < 4.78 is 25.2. The summed E-state index contributed by atoms with van der Waals surface area (Å²) in [4.78, 5) is 28.4. The van der Waals surface area contributed by atoms with E-state index < -0.39 is 15.9 Å². The Morgan fingerprint density at radius 3 is 2.64 bits per heavy atom. The van der Waals surface area contributed by atoms with Crippen LogP contribution in [0.25, 0.3) is 10.8 Å². The summed E-state index contributed by atoms with van der Waals surface area (Å²) in [5.74, 6) is -0.330. The monoisotopic (exact) mass is 417 g/mol. The fraction of sp³-hybridized carbons (Fsp3) is 0.316. The van der Waals surface area contributed by atoms with Crippen LogP contribution in [0, 0.1) is 0 Å².